The summed E-state index contributed by atoms with van der Waals surface area (Å²) in [5, 5.41) is 13.3. The largest absolute Gasteiger partial charge is 0.331 e. The molecular formula is C23H22FN5O. The summed E-state index contributed by atoms with van der Waals surface area (Å²) >= 11 is 0. The fraction of sp³-hybridized carbons (Fsp3) is 0.304. The van der Waals surface area contributed by atoms with Gasteiger partial charge in [0.2, 0.25) is 0 Å². The first kappa shape index (κ1) is 18.7. The predicted octanol–water partition coefficient (Wildman–Crippen LogP) is 4.31. The van der Waals surface area contributed by atoms with Gasteiger partial charge in [-0.2, -0.15) is 4.52 Å². The Morgan fingerprint density at radius 3 is 2.80 bits per heavy atom. The van der Waals surface area contributed by atoms with Crippen molar-refractivity contribution in [1.29, 1.82) is 0 Å². The van der Waals surface area contributed by atoms with Crippen LogP contribution >= 0.6 is 0 Å². The normalized spacial score (nSPS) is 14.6. The maximum Gasteiger partial charge on any atom is 0.254 e. The Morgan fingerprint density at radius 1 is 1.17 bits per heavy atom. The molecule has 0 bridgehead atoms. The molecule has 0 saturated heterocycles. The molecule has 2 aromatic carbocycles. The third-order valence-electron chi connectivity index (χ3n) is 5.94. The molecule has 1 amide bonds. The summed E-state index contributed by atoms with van der Waals surface area (Å²) in [5.41, 5.74) is 3.96. The lowest BCUT2D eigenvalue weighted by Crippen LogP contribution is -2.38. The van der Waals surface area contributed by atoms with E-state index in [1.54, 1.807) is 16.6 Å². The Kier molecular flexibility index (Phi) is 4.65. The van der Waals surface area contributed by atoms with Gasteiger partial charge in [0.25, 0.3) is 5.91 Å². The zero-order valence-electron chi connectivity index (χ0n) is 16.8. The minimum absolute atomic E-state index is 0.130. The second-order valence-electron chi connectivity index (χ2n) is 8.03. The molecule has 30 heavy (non-hydrogen) atoms. The second kappa shape index (κ2) is 7.48. The number of rotatable bonds is 4. The van der Waals surface area contributed by atoms with Gasteiger partial charge in [0.15, 0.2) is 5.65 Å². The Morgan fingerprint density at radius 2 is 2.00 bits per heavy atom. The summed E-state index contributed by atoms with van der Waals surface area (Å²) < 4.78 is 15.5. The molecular weight excluding hydrogens is 381 g/mol. The second-order valence-corrected chi connectivity index (χ2v) is 8.03. The fourth-order valence-corrected chi connectivity index (χ4v) is 4.45. The van der Waals surface area contributed by atoms with Gasteiger partial charge < -0.3 is 4.90 Å². The van der Waals surface area contributed by atoms with E-state index in [2.05, 4.69) is 27.7 Å². The third kappa shape index (κ3) is 3.30. The zero-order valence-corrected chi connectivity index (χ0v) is 16.8. The molecule has 0 spiro atoms. The number of halogens is 1. The van der Waals surface area contributed by atoms with E-state index in [9.17, 15) is 9.18 Å². The SMILES string of the molecule is Cc1ccc2c(c1)cc(CN(C(=O)c1cccc(F)c1)C1CCCC1)c1nnnn12. The monoisotopic (exact) mass is 403 g/mol. The minimum atomic E-state index is -0.405. The van der Waals surface area contributed by atoms with Gasteiger partial charge in [0.05, 0.1) is 12.1 Å². The lowest BCUT2D eigenvalue weighted by molar-refractivity contribution is 0.0664. The molecule has 2 aromatic heterocycles. The van der Waals surface area contributed by atoms with E-state index in [0.717, 1.165) is 47.7 Å². The molecule has 1 aliphatic carbocycles. The lowest BCUT2D eigenvalue weighted by atomic mass is 10.1. The van der Waals surface area contributed by atoms with E-state index < -0.39 is 5.82 Å². The van der Waals surface area contributed by atoms with Crippen molar-refractivity contribution in [1.82, 2.24) is 24.9 Å². The summed E-state index contributed by atoms with van der Waals surface area (Å²) in [6.07, 6.45) is 4.09. The van der Waals surface area contributed by atoms with E-state index in [1.165, 1.54) is 12.1 Å². The number of carbonyl (C=O) groups is 1. The van der Waals surface area contributed by atoms with Crippen molar-refractivity contribution in [2.45, 2.75) is 45.2 Å². The van der Waals surface area contributed by atoms with E-state index in [-0.39, 0.29) is 11.9 Å². The highest BCUT2D eigenvalue weighted by molar-refractivity contribution is 5.94. The average Bonchev–Trinajstić information content (AvgIpc) is 3.43. The number of benzene rings is 2. The maximum absolute atomic E-state index is 13.8. The molecule has 0 atom stereocenters. The maximum atomic E-state index is 13.8. The standard InChI is InChI=1S/C23H22FN5O/c1-15-9-10-21-17(11-15)12-18(22-25-26-27-29(21)22)14-28(20-7-2-3-8-20)23(30)16-5-4-6-19(24)13-16/h4-6,9-13,20H,2-3,7-8,14H2,1H3. The van der Waals surface area contributed by atoms with Crippen LogP contribution in [0.25, 0.3) is 16.6 Å². The smallest absolute Gasteiger partial charge is 0.254 e. The highest BCUT2D eigenvalue weighted by Crippen LogP contribution is 2.29. The number of aromatic nitrogens is 4. The summed E-state index contributed by atoms with van der Waals surface area (Å²) in [4.78, 5) is 15.2. The number of aryl methyl sites for hydroxylation is 1. The Bertz CT molecular complexity index is 1250. The Balaban J connectivity index is 1.59. The summed E-state index contributed by atoms with van der Waals surface area (Å²) in [7, 11) is 0. The third-order valence-corrected chi connectivity index (χ3v) is 5.94. The Labute approximate surface area is 173 Å². The molecule has 7 heteroatoms. The summed E-state index contributed by atoms with van der Waals surface area (Å²) in [5.74, 6) is -0.561. The van der Waals surface area contributed by atoms with Crippen molar-refractivity contribution < 1.29 is 9.18 Å². The van der Waals surface area contributed by atoms with Crippen molar-refractivity contribution in [3.8, 4) is 0 Å². The Hall–Kier alpha value is -3.35. The quantitative estimate of drug-likeness (QED) is 0.509. The summed E-state index contributed by atoms with van der Waals surface area (Å²) in [6.45, 7) is 2.43. The molecule has 6 nitrogen and oxygen atoms in total. The number of hydrogen-bond donors (Lipinski definition) is 0. The van der Waals surface area contributed by atoms with Crippen molar-refractivity contribution in [3.63, 3.8) is 0 Å². The molecule has 1 saturated carbocycles. The highest BCUT2D eigenvalue weighted by Gasteiger charge is 2.29. The van der Waals surface area contributed by atoms with Crippen molar-refractivity contribution in [2.24, 2.45) is 0 Å². The summed E-state index contributed by atoms with van der Waals surface area (Å²) in [6, 6.07) is 14.2. The lowest BCUT2D eigenvalue weighted by Gasteiger charge is -2.29. The van der Waals surface area contributed by atoms with Crippen molar-refractivity contribution in [3.05, 3.63) is 71.0 Å². The number of fused-ring (bicyclic) bond motifs is 3. The first-order chi connectivity index (χ1) is 14.6. The van der Waals surface area contributed by atoms with Gasteiger partial charge >= 0.3 is 0 Å². The number of hydrogen-bond acceptors (Lipinski definition) is 4. The fourth-order valence-electron chi connectivity index (χ4n) is 4.45. The van der Waals surface area contributed by atoms with Gasteiger partial charge in [-0.1, -0.05) is 30.5 Å². The van der Waals surface area contributed by atoms with Crippen LogP contribution in [0.2, 0.25) is 0 Å². The van der Waals surface area contributed by atoms with E-state index in [0.29, 0.717) is 17.8 Å². The zero-order chi connectivity index (χ0) is 20.7. The molecule has 4 aromatic rings. The molecule has 152 valence electrons. The van der Waals surface area contributed by atoms with Crippen LogP contribution in [0.15, 0.2) is 48.5 Å². The van der Waals surface area contributed by atoms with Crippen molar-refractivity contribution >= 4 is 22.5 Å². The number of carbonyl (C=O) groups excluding carboxylic acids is 1. The van der Waals surface area contributed by atoms with Crippen LogP contribution in [0.3, 0.4) is 0 Å². The first-order valence-corrected chi connectivity index (χ1v) is 10.3. The van der Waals surface area contributed by atoms with Crippen molar-refractivity contribution in [2.75, 3.05) is 0 Å². The minimum Gasteiger partial charge on any atom is -0.331 e. The molecule has 0 aliphatic heterocycles. The van der Waals surface area contributed by atoms with Crippen LogP contribution in [0, 0.1) is 12.7 Å². The first-order valence-electron chi connectivity index (χ1n) is 10.3. The predicted molar refractivity (Wildman–Crippen MR) is 112 cm³/mol. The van der Waals surface area contributed by atoms with E-state index in [4.69, 9.17) is 0 Å². The number of amides is 1. The number of nitrogens with zero attached hydrogens (tertiary/aromatic N) is 5. The topological polar surface area (TPSA) is 63.4 Å². The van der Waals surface area contributed by atoms with Crippen LogP contribution in [-0.2, 0) is 6.54 Å². The van der Waals surface area contributed by atoms with Gasteiger partial charge in [-0.25, -0.2) is 4.39 Å². The van der Waals surface area contributed by atoms with Crippen LogP contribution in [0.1, 0.15) is 47.2 Å². The average molecular weight is 403 g/mol. The molecule has 2 heterocycles. The van der Waals surface area contributed by atoms with E-state index in [1.807, 2.05) is 24.0 Å². The molecule has 0 unspecified atom stereocenters. The van der Waals surface area contributed by atoms with Gasteiger partial charge in [0, 0.05) is 22.6 Å². The van der Waals surface area contributed by atoms with Crippen LogP contribution in [-0.4, -0.2) is 36.9 Å². The van der Waals surface area contributed by atoms with Gasteiger partial charge in [-0.15, -0.1) is 5.10 Å². The van der Waals surface area contributed by atoms with Crippen LogP contribution in [0.5, 0.6) is 0 Å². The molecule has 1 aliphatic rings. The highest BCUT2D eigenvalue weighted by atomic mass is 19.1. The van der Waals surface area contributed by atoms with E-state index >= 15 is 0 Å². The molecule has 0 N–H and O–H groups in total. The number of tetrazole rings is 1. The molecule has 1 fully saturated rings. The van der Waals surface area contributed by atoms with Crippen LogP contribution in [0.4, 0.5) is 4.39 Å². The van der Waals surface area contributed by atoms with Gasteiger partial charge in [-0.05, 0) is 66.6 Å². The van der Waals surface area contributed by atoms with Crippen LogP contribution < -0.4 is 0 Å². The number of pyridine rings is 1. The van der Waals surface area contributed by atoms with Gasteiger partial charge in [0.1, 0.15) is 5.82 Å². The molecule has 5 rings (SSSR count). The molecule has 0 radical (unpaired) electrons. The van der Waals surface area contributed by atoms with Gasteiger partial charge in [-0.3, -0.25) is 4.79 Å².